The van der Waals surface area contributed by atoms with Gasteiger partial charge in [0.05, 0.1) is 18.3 Å². The maximum atomic E-state index is 7.10. The molecule has 0 atom stereocenters. The van der Waals surface area contributed by atoms with Gasteiger partial charge in [0.1, 0.15) is 35.8 Å². The molecule has 5 N–H and O–H groups in total. The molecule has 0 saturated carbocycles. The molecule has 0 aliphatic carbocycles. The molecule has 0 aromatic heterocycles. The van der Waals surface area contributed by atoms with Gasteiger partial charge in [0.15, 0.2) is 0 Å². The average Bonchev–Trinajstić information content (AvgIpc) is 0.801. The first-order chi connectivity index (χ1) is 48.3. The number of ether oxygens (including phenoxy) is 3. The van der Waals surface area contributed by atoms with E-state index in [1.54, 1.807) is 15.8 Å². The minimum absolute atomic E-state index is 0.0152. The molecule has 9 aliphatic rings. The summed E-state index contributed by atoms with van der Waals surface area (Å²) in [6.45, 7) is 58.6. The molecule has 9 aliphatic heterocycles. The van der Waals surface area contributed by atoms with Crippen LogP contribution in [-0.4, -0.2) is 239 Å². The fourth-order valence-electron chi connectivity index (χ4n) is 19.3. The van der Waals surface area contributed by atoms with E-state index >= 15 is 0 Å². The third kappa shape index (κ3) is 21.3. The van der Waals surface area contributed by atoms with Crippen LogP contribution in [0.15, 0.2) is 50.9 Å². The largest absolute Gasteiger partial charge is 0.475 e. The summed E-state index contributed by atoms with van der Waals surface area (Å²) < 4.78 is 20.9. The van der Waals surface area contributed by atoms with Gasteiger partial charge in [0.25, 0.3) is 0 Å². The van der Waals surface area contributed by atoms with Crippen molar-refractivity contribution in [1.29, 1.82) is 0 Å². The van der Waals surface area contributed by atoms with Crippen molar-refractivity contribution < 1.29 is 28.7 Å². The molecule has 0 bridgehead atoms. The lowest BCUT2D eigenvalue weighted by molar-refractivity contribution is -0.275. The first kappa shape index (κ1) is 84.8. The van der Waals surface area contributed by atoms with Crippen molar-refractivity contribution in [2.45, 2.75) is 398 Å². The van der Waals surface area contributed by atoms with E-state index in [1.165, 1.54) is 0 Å². The highest BCUT2D eigenvalue weighted by Crippen LogP contribution is 2.45. The van der Waals surface area contributed by atoms with E-state index in [1.807, 2.05) is 12.2 Å². The van der Waals surface area contributed by atoms with Gasteiger partial charge >= 0.3 is 0 Å². The summed E-state index contributed by atoms with van der Waals surface area (Å²) in [6.07, 6.45) is 24.7. The first-order valence-electron chi connectivity index (χ1n) is 40.5. The van der Waals surface area contributed by atoms with E-state index in [0.29, 0.717) is 30.8 Å². The lowest BCUT2D eigenvalue weighted by Gasteiger charge is -2.54. The Hall–Kier alpha value is -4.21. The molecule has 0 aromatic carbocycles. The molecule has 105 heavy (non-hydrogen) atoms. The van der Waals surface area contributed by atoms with E-state index in [9.17, 15) is 0 Å². The van der Waals surface area contributed by atoms with Crippen molar-refractivity contribution in [2.24, 2.45) is 15.1 Å². The molecule has 9 rings (SSSR count). The third-order valence-electron chi connectivity index (χ3n) is 26.9. The van der Waals surface area contributed by atoms with Crippen molar-refractivity contribution in [3.8, 4) is 0 Å². The Labute approximate surface area is 637 Å². The van der Waals surface area contributed by atoms with Crippen molar-refractivity contribution in [2.75, 3.05) is 68.5 Å². The Kier molecular flexibility index (Phi) is 25.7. The van der Waals surface area contributed by atoms with Crippen LogP contribution in [0.3, 0.4) is 0 Å². The number of likely N-dealkylation sites (tertiary alicyclic amines) is 6. The molecule has 6 fully saturated rings. The number of nitrogens with one attached hydrogen (secondary N) is 5. The zero-order valence-electron chi connectivity index (χ0n) is 71.9. The first-order valence-corrected chi connectivity index (χ1v) is 40.5. The van der Waals surface area contributed by atoms with Gasteiger partial charge in [-0.2, -0.15) is 0 Å². The maximum Gasteiger partial charge on any atom is 0.239 e. The van der Waals surface area contributed by atoms with Gasteiger partial charge in [-0.05, 0) is 273 Å². The Morgan fingerprint density at radius 3 is 0.905 bits per heavy atom. The van der Waals surface area contributed by atoms with Crippen molar-refractivity contribution in [3.05, 3.63) is 35.8 Å². The number of amidine groups is 2. The highest BCUT2D eigenvalue weighted by molar-refractivity contribution is 5.93. The smallest absolute Gasteiger partial charge is 0.239 e. The van der Waals surface area contributed by atoms with Crippen LogP contribution in [0.2, 0.25) is 0 Å². The number of piperidine rings is 6. The maximum absolute atomic E-state index is 7.10. The zero-order chi connectivity index (χ0) is 77.7. The molecular formula is C81H152N18O6. The Morgan fingerprint density at radius 1 is 0.333 bits per heavy atom. The second-order valence-electron chi connectivity index (χ2n) is 40.7. The number of rotatable bonds is 26. The minimum Gasteiger partial charge on any atom is -0.475 e. The molecule has 602 valence electrons. The number of unbranched alkanes of at least 4 members (excludes halogenated alkanes) is 6. The molecule has 24 heteroatoms. The highest BCUT2D eigenvalue weighted by Gasteiger charge is 2.51. The quantitative estimate of drug-likeness (QED) is 0.0515. The van der Waals surface area contributed by atoms with Crippen LogP contribution < -0.4 is 27.1 Å². The predicted molar refractivity (Wildman–Crippen MR) is 426 cm³/mol. The fraction of sp³-hybridized carbons (Fsp3) is 0.889. The molecule has 24 nitrogen and oxygen atoms in total. The average molecular weight is 1470 g/mol. The van der Waals surface area contributed by atoms with Gasteiger partial charge in [-0.15, -0.1) is 0 Å². The molecule has 0 spiro atoms. The Morgan fingerprint density at radius 2 is 0.600 bits per heavy atom. The highest BCUT2D eigenvalue weighted by atomic mass is 16.8. The van der Waals surface area contributed by atoms with Gasteiger partial charge in [-0.25, -0.2) is 21.1 Å². The van der Waals surface area contributed by atoms with E-state index < -0.39 is 0 Å². The van der Waals surface area contributed by atoms with E-state index in [4.69, 9.17) is 43.8 Å². The molecule has 0 radical (unpaired) electrons. The van der Waals surface area contributed by atoms with Crippen LogP contribution in [-0.2, 0) is 28.7 Å². The third-order valence-corrected chi connectivity index (χ3v) is 26.9. The summed E-state index contributed by atoms with van der Waals surface area (Å²) in [5.41, 5.74) is 17.0. The standard InChI is InChI=1S/C81H152N18O6/c1-70(2)46-58(47-71(3,4)90(70)25)100-67-43-64(84-97(87-67)103-61-52-76(13,14)93(28)77(15,16)53-61)82-39-35-31-33-37-41-96(66-45-69(102-60-50-74(9,10)92(27)75(11,12)51-60)89-99(86-66)105-63-56-80(21,22)95(30)81(23,24)57-63)42-38-34-32-36-40-83-65-44-68(101-59-48-72(5,6)91(26)73(7,8)49-59)88-98(85-65)104-62-54-78(17,18)94(29)79(19,20)55-62/h43-45,58-63,86-88H,31-42,46-57H2,1-30H3,(H,82,84)(H,83,85). The number of hydrazine groups is 5. The summed E-state index contributed by atoms with van der Waals surface area (Å²) in [4.78, 5) is 48.5. The summed E-state index contributed by atoms with van der Waals surface area (Å²) in [7, 11) is 13.4. The van der Waals surface area contributed by atoms with E-state index in [-0.39, 0.29) is 103 Å². The van der Waals surface area contributed by atoms with Crippen LogP contribution in [0.25, 0.3) is 0 Å². The predicted octanol–water partition coefficient (Wildman–Crippen LogP) is 13.3. The van der Waals surface area contributed by atoms with E-state index in [0.717, 1.165) is 159 Å². The lowest BCUT2D eigenvalue weighted by atomic mass is 9.79. The fourth-order valence-corrected chi connectivity index (χ4v) is 19.3. The summed E-state index contributed by atoms with van der Waals surface area (Å²) >= 11 is 0. The molecule has 0 unspecified atom stereocenters. The summed E-state index contributed by atoms with van der Waals surface area (Å²) in [5.74, 6) is 4.27. The van der Waals surface area contributed by atoms with Crippen LogP contribution in [0, 0.1) is 0 Å². The molecular weight excluding hydrogens is 1320 g/mol. The number of nitrogens with zero attached hydrogens (tertiary/aromatic N) is 13. The minimum atomic E-state index is -0.0780. The molecule has 9 heterocycles. The molecule has 0 amide bonds. The second kappa shape index (κ2) is 31.9. The van der Waals surface area contributed by atoms with Crippen molar-refractivity contribution in [3.63, 3.8) is 0 Å². The van der Waals surface area contributed by atoms with Gasteiger partial charge in [0.2, 0.25) is 17.7 Å². The number of hydrazone groups is 1. The summed E-state index contributed by atoms with van der Waals surface area (Å²) in [5, 5.41) is 10.1. The van der Waals surface area contributed by atoms with Gasteiger partial charge < -0.3 is 19.1 Å². The van der Waals surface area contributed by atoms with Crippen LogP contribution in [0.5, 0.6) is 0 Å². The SMILES string of the molecule is CN1C(C)(C)CC(OC2=CC(=NCCCCCCN(CCCCCCN=C3C=C(OC4CC(C)(C)N(C)C(C)(C)C4)NN(OC4CC(C)(C)N(C)C(C)(C)C4)N3)C3=CC(OC4CC(C)(C)N(C)C(C)(C)C4)=NN(OC4CC(C)(C)N(C)C(C)(C)C4)N3)NN(OC3CC(C)(C)N(C)C(C)(C)C3)N2)CC1(C)C. The Bertz CT molecular complexity index is 2880. The van der Waals surface area contributed by atoms with Crippen LogP contribution in [0.1, 0.15) is 295 Å². The van der Waals surface area contributed by atoms with Gasteiger partial charge in [-0.3, -0.25) is 59.9 Å². The Balaban J connectivity index is 0.896. The molecule has 0 aromatic rings. The number of hydrogen-bond donors (Lipinski definition) is 5. The number of hydrogen-bond acceptors (Lipinski definition) is 22. The normalized spacial score (nSPS) is 28.6. The van der Waals surface area contributed by atoms with Crippen molar-refractivity contribution >= 4 is 17.6 Å². The number of aliphatic imine (C=N–C) groups is 2. The van der Waals surface area contributed by atoms with Crippen molar-refractivity contribution in [1.82, 2.24) is 77.3 Å². The van der Waals surface area contributed by atoms with Gasteiger partial charge in [0, 0.05) is 160 Å². The van der Waals surface area contributed by atoms with Crippen LogP contribution in [0.4, 0.5) is 0 Å². The topological polar surface area (TPSA) is 185 Å². The summed E-state index contributed by atoms with van der Waals surface area (Å²) in [6, 6.07) is 0. The van der Waals surface area contributed by atoms with E-state index in [2.05, 4.69) is 276 Å². The van der Waals surface area contributed by atoms with Gasteiger partial charge in [-0.1, -0.05) is 36.1 Å². The zero-order valence-corrected chi connectivity index (χ0v) is 71.9. The molecule has 6 saturated heterocycles. The van der Waals surface area contributed by atoms with Crippen LogP contribution >= 0.6 is 0 Å². The monoisotopic (exact) mass is 1470 g/mol. The second-order valence-corrected chi connectivity index (χ2v) is 40.7. The lowest BCUT2D eigenvalue weighted by Crippen LogP contribution is -2.63.